The minimum absolute atomic E-state index is 0.0425. The quantitative estimate of drug-likeness (QED) is 0.928. The molecule has 1 aliphatic heterocycles. The summed E-state index contributed by atoms with van der Waals surface area (Å²) >= 11 is 5.84. The smallest absolute Gasteiger partial charge is 0.387 e. The van der Waals surface area contributed by atoms with Crippen molar-refractivity contribution in [3.8, 4) is 5.75 Å². The van der Waals surface area contributed by atoms with Gasteiger partial charge in [0.2, 0.25) is 0 Å². The second kappa shape index (κ2) is 6.37. The van der Waals surface area contributed by atoms with Crippen LogP contribution in [0.3, 0.4) is 0 Å². The number of hydrogen-bond acceptors (Lipinski definition) is 3. The third kappa shape index (κ3) is 3.37. The third-order valence-corrected chi connectivity index (χ3v) is 3.53. The first-order chi connectivity index (χ1) is 9.49. The Bertz CT molecular complexity index is 493. The van der Waals surface area contributed by atoms with Crippen molar-refractivity contribution in [3.63, 3.8) is 0 Å². The summed E-state index contributed by atoms with van der Waals surface area (Å²) < 4.78 is 29.1. The largest absolute Gasteiger partial charge is 0.434 e. The topological polar surface area (TPSA) is 41.6 Å². The minimum Gasteiger partial charge on any atom is -0.434 e. The van der Waals surface area contributed by atoms with Gasteiger partial charge >= 0.3 is 6.61 Å². The number of carbonyl (C=O) groups is 1. The number of amides is 1. The van der Waals surface area contributed by atoms with Gasteiger partial charge in [-0.05, 0) is 31.2 Å². The first-order valence-electron chi connectivity index (χ1n) is 6.21. The van der Waals surface area contributed by atoms with Crippen molar-refractivity contribution in [3.05, 3.63) is 28.8 Å². The molecule has 1 N–H and O–H groups in total. The Kier molecular flexibility index (Phi) is 4.77. The van der Waals surface area contributed by atoms with Gasteiger partial charge in [-0.25, -0.2) is 0 Å². The number of ether oxygens (including phenoxy) is 1. The Hall–Kier alpha value is -1.40. The van der Waals surface area contributed by atoms with Gasteiger partial charge in [-0.1, -0.05) is 11.6 Å². The van der Waals surface area contributed by atoms with Crippen LogP contribution in [0.1, 0.15) is 16.8 Å². The molecular formula is C13H15ClF2N2O2. The van der Waals surface area contributed by atoms with E-state index < -0.39 is 6.61 Å². The van der Waals surface area contributed by atoms with E-state index in [0.717, 1.165) is 13.0 Å². The summed E-state index contributed by atoms with van der Waals surface area (Å²) in [5.74, 6) is -0.538. The van der Waals surface area contributed by atoms with Crippen LogP contribution in [0.5, 0.6) is 5.75 Å². The van der Waals surface area contributed by atoms with Crippen molar-refractivity contribution in [1.29, 1.82) is 0 Å². The lowest BCUT2D eigenvalue weighted by Crippen LogP contribution is -2.38. The summed E-state index contributed by atoms with van der Waals surface area (Å²) in [7, 11) is 1.65. The minimum atomic E-state index is -2.99. The molecule has 0 aliphatic carbocycles. The molecule has 110 valence electrons. The summed E-state index contributed by atoms with van der Waals surface area (Å²) in [6.07, 6.45) is 0.827. The van der Waals surface area contributed by atoms with Crippen LogP contribution in [0, 0.1) is 0 Å². The fraction of sp³-hybridized carbons (Fsp3) is 0.462. The molecule has 7 heteroatoms. The first kappa shape index (κ1) is 15.0. The molecule has 0 bridgehead atoms. The molecule has 0 radical (unpaired) electrons. The lowest BCUT2D eigenvalue weighted by molar-refractivity contribution is -0.0502. The number of hydrogen-bond donors (Lipinski definition) is 1. The molecule has 20 heavy (non-hydrogen) atoms. The maximum Gasteiger partial charge on any atom is 0.387 e. The Morgan fingerprint density at radius 3 is 2.90 bits per heavy atom. The van der Waals surface area contributed by atoms with Crippen LogP contribution < -0.4 is 10.1 Å². The maximum absolute atomic E-state index is 12.4. The zero-order chi connectivity index (χ0) is 14.7. The zero-order valence-electron chi connectivity index (χ0n) is 10.9. The molecule has 1 aromatic rings. The maximum atomic E-state index is 12.4. The van der Waals surface area contributed by atoms with E-state index in [4.69, 9.17) is 11.6 Å². The highest BCUT2D eigenvalue weighted by atomic mass is 35.5. The molecule has 2 rings (SSSR count). The number of nitrogens with one attached hydrogen (secondary N) is 1. The van der Waals surface area contributed by atoms with Gasteiger partial charge in [0.25, 0.3) is 5.91 Å². The van der Waals surface area contributed by atoms with E-state index in [0.29, 0.717) is 11.6 Å². The van der Waals surface area contributed by atoms with Crippen molar-refractivity contribution in [1.82, 2.24) is 10.2 Å². The van der Waals surface area contributed by atoms with Crippen LogP contribution in [0.15, 0.2) is 18.2 Å². The van der Waals surface area contributed by atoms with Crippen LogP contribution in [-0.4, -0.2) is 43.6 Å². The van der Waals surface area contributed by atoms with Gasteiger partial charge in [0.05, 0.1) is 5.56 Å². The van der Waals surface area contributed by atoms with E-state index >= 15 is 0 Å². The fourth-order valence-corrected chi connectivity index (χ4v) is 2.37. The molecule has 0 spiro atoms. The first-order valence-corrected chi connectivity index (χ1v) is 6.59. The Morgan fingerprint density at radius 2 is 2.30 bits per heavy atom. The molecule has 0 aromatic heterocycles. The normalized spacial score (nSPS) is 18.4. The van der Waals surface area contributed by atoms with Gasteiger partial charge in [-0.2, -0.15) is 8.78 Å². The predicted molar refractivity (Wildman–Crippen MR) is 71.5 cm³/mol. The number of rotatable bonds is 4. The number of carbonyl (C=O) groups excluding carboxylic acids is 1. The molecule has 1 aromatic carbocycles. The third-order valence-electron chi connectivity index (χ3n) is 3.29. The molecule has 1 aliphatic rings. The molecule has 1 amide bonds. The lowest BCUT2D eigenvalue weighted by atomic mass is 10.1. The highest BCUT2D eigenvalue weighted by Gasteiger charge is 2.26. The number of alkyl halides is 2. The standard InChI is InChI=1S/C13H15ClF2N2O2/c1-18(9-4-5-17-7-9)12(19)10-6-8(14)2-3-11(10)20-13(15)16/h2-3,6,9,13,17H,4-5,7H2,1H3. The van der Waals surface area contributed by atoms with E-state index in [1.165, 1.54) is 23.1 Å². The van der Waals surface area contributed by atoms with Crippen molar-refractivity contribution in [2.24, 2.45) is 0 Å². The molecule has 1 heterocycles. The average Bonchev–Trinajstić information content (AvgIpc) is 2.92. The fourth-order valence-electron chi connectivity index (χ4n) is 2.19. The monoisotopic (exact) mass is 304 g/mol. The Balaban J connectivity index is 2.24. The van der Waals surface area contributed by atoms with Crippen LogP contribution in [0.2, 0.25) is 5.02 Å². The molecule has 0 saturated carbocycles. The van der Waals surface area contributed by atoms with Crippen LogP contribution in [0.4, 0.5) is 8.78 Å². The number of halogens is 3. The van der Waals surface area contributed by atoms with Gasteiger partial charge in [-0.15, -0.1) is 0 Å². The summed E-state index contributed by atoms with van der Waals surface area (Å²) in [6.45, 7) is -1.47. The molecule has 1 atom stereocenters. The zero-order valence-corrected chi connectivity index (χ0v) is 11.7. The summed E-state index contributed by atoms with van der Waals surface area (Å²) in [4.78, 5) is 13.9. The van der Waals surface area contributed by atoms with E-state index in [1.807, 2.05) is 0 Å². The number of benzene rings is 1. The predicted octanol–water partition coefficient (Wildman–Crippen LogP) is 2.38. The van der Waals surface area contributed by atoms with Crippen molar-refractivity contribution >= 4 is 17.5 Å². The van der Waals surface area contributed by atoms with Crippen molar-refractivity contribution in [2.45, 2.75) is 19.1 Å². The van der Waals surface area contributed by atoms with Crippen LogP contribution in [-0.2, 0) is 0 Å². The SMILES string of the molecule is CN(C(=O)c1cc(Cl)ccc1OC(F)F)C1CCNC1. The molecule has 1 fully saturated rings. The van der Waals surface area contributed by atoms with Crippen molar-refractivity contribution in [2.75, 3.05) is 20.1 Å². The highest BCUT2D eigenvalue weighted by molar-refractivity contribution is 6.31. The summed E-state index contributed by atoms with van der Waals surface area (Å²) in [5.41, 5.74) is 0.0483. The highest BCUT2D eigenvalue weighted by Crippen LogP contribution is 2.26. The number of likely N-dealkylation sites (N-methyl/N-ethyl adjacent to an activating group) is 1. The van der Waals surface area contributed by atoms with Crippen LogP contribution >= 0.6 is 11.6 Å². The molecule has 1 saturated heterocycles. The average molecular weight is 305 g/mol. The molecule has 1 unspecified atom stereocenters. The van der Waals surface area contributed by atoms with E-state index in [1.54, 1.807) is 7.05 Å². The second-order valence-corrected chi connectivity index (χ2v) is 5.02. The van der Waals surface area contributed by atoms with Crippen molar-refractivity contribution < 1.29 is 18.3 Å². The summed E-state index contributed by atoms with van der Waals surface area (Å²) in [6, 6.07) is 4.08. The van der Waals surface area contributed by atoms with Gasteiger partial charge in [-0.3, -0.25) is 4.79 Å². The van der Waals surface area contributed by atoms with E-state index in [9.17, 15) is 13.6 Å². The van der Waals surface area contributed by atoms with E-state index in [2.05, 4.69) is 10.1 Å². The summed E-state index contributed by atoms with van der Waals surface area (Å²) in [5, 5.41) is 3.45. The van der Waals surface area contributed by atoms with Gasteiger partial charge in [0.1, 0.15) is 5.75 Å². The van der Waals surface area contributed by atoms with Gasteiger partial charge in [0, 0.05) is 24.7 Å². The second-order valence-electron chi connectivity index (χ2n) is 4.58. The number of nitrogens with zero attached hydrogens (tertiary/aromatic N) is 1. The van der Waals surface area contributed by atoms with Crippen LogP contribution in [0.25, 0.3) is 0 Å². The molecular weight excluding hydrogens is 290 g/mol. The van der Waals surface area contributed by atoms with Gasteiger partial charge in [0.15, 0.2) is 0 Å². The lowest BCUT2D eigenvalue weighted by Gasteiger charge is -2.24. The van der Waals surface area contributed by atoms with E-state index in [-0.39, 0.29) is 23.3 Å². The Labute approximate surface area is 120 Å². The Morgan fingerprint density at radius 1 is 1.55 bits per heavy atom. The molecule has 4 nitrogen and oxygen atoms in total. The van der Waals surface area contributed by atoms with Gasteiger partial charge < -0.3 is 15.0 Å².